The zero-order chi connectivity index (χ0) is 22.2. The van der Waals surface area contributed by atoms with Crippen LogP contribution in [-0.4, -0.2) is 50.8 Å². The van der Waals surface area contributed by atoms with Gasteiger partial charge in [-0.05, 0) is 50.7 Å². The molecule has 0 atom stereocenters. The Kier molecular flexibility index (Phi) is 8.26. The van der Waals surface area contributed by atoms with E-state index in [1.165, 1.54) is 0 Å². The number of anilines is 1. The summed E-state index contributed by atoms with van der Waals surface area (Å²) in [6, 6.07) is 9.14. The second-order valence-corrected chi connectivity index (χ2v) is 7.61. The molecule has 31 heavy (non-hydrogen) atoms. The van der Waals surface area contributed by atoms with E-state index in [0.717, 1.165) is 12.0 Å². The van der Waals surface area contributed by atoms with E-state index in [2.05, 4.69) is 5.32 Å². The maximum absolute atomic E-state index is 12.5. The van der Waals surface area contributed by atoms with E-state index < -0.39 is 0 Å². The summed E-state index contributed by atoms with van der Waals surface area (Å²) in [5, 5.41) is 3.43. The Morgan fingerprint density at radius 3 is 2.61 bits per heavy atom. The van der Waals surface area contributed by atoms with Crippen LogP contribution in [-0.2, 0) is 11.3 Å². The van der Waals surface area contributed by atoms with E-state index >= 15 is 0 Å². The number of hydrogen-bond acceptors (Lipinski definition) is 6. The van der Waals surface area contributed by atoms with Crippen molar-refractivity contribution in [3.05, 3.63) is 40.9 Å². The van der Waals surface area contributed by atoms with Crippen molar-refractivity contribution in [2.24, 2.45) is 0 Å². The largest absolute Gasteiger partial charge is 0.490 e. The normalized spacial score (nSPS) is 12.9. The first kappa shape index (κ1) is 23.0. The molecule has 0 aliphatic carbocycles. The standard InChI is InChI=1S/C23H29ClN2O5/c1-4-28-19-8-7-17(13-20(19)29-5-2)25-22(27)15-26(3)14-16-11-18(24)23-21(12-16)30-9-6-10-31-23/h7-8,11-13H,4-6,9-10,14-15H2,1-3H3,(H,25,27). The van der Waals surface area contributed by atoms with Crippen LogP contribution in [0.1, 0.15) is 25.8 Å². The Balaban J connectivity index is 1.60. The summed E-state index contributed by atoms with van der Waals surface area (Å²) < 4.78 is 22.6. The van der Waals surface area contributed by atoms with Gasteiger partial charge in [-0.2, -0.15) is 0 Å². The summed E-state index contributed by atoms with van der Waals surface area (Å²) in [5.74, 6) is 2.37. The fourth-order valence-electron chi connectivity index (χ4n) is 3.32. The van der Waals surface area contributed by atoms with Crippen molar-refractivity contribution in [2.75, 3.05) is 45.3 Å². The molecule has 0 fully saturated rings. The highest BCUT2D eigenvalue weighted by Crippen LogP contribution is 2.38. The molecular weight excluding hydrogens is 420 g/mol. The number of carbonyl (C=O) groups is 1. The van der Waals surface area contributed by atoms with Crippen LogP contribution in [0.5, 0.6) is 23.0 Å². The predicted molar refractivity (Wildman–Crippen MR) is 121 cm³/mol. The van der Waals surface area contributed by atoms with Crippen molar-refractivity contribution in [3.8, 4) is 23.0 Å². The number of hydrogen-bond donors (Lipinski definition) is 1. The highest BCUT2D eigenvalue weighted by Gasteiger charge is 2.17. The maximum Gasteiger partial charge on any atom is 0.238 e. The molecule has 7 nitrogen and oxygen atoms in total. The van der Waals surface area contributed by atoms with Crippen LogP contribution in [0.2, 0.25) is 5.02 Å². The van der Waals surface area contributed by atoms with E-state index in [1.54, 1.807) is 18.2 Å². The molecule has 2 aromatic rings. The van der Waals surface area contributed by atoms with Crippen LogP contribution in [0.4, 0.5) is 5.69 Å². The minimum Gasteiger partial charge on any atom is -0.490 e. The van der Waals surface area contributed by atoms with Crippen molar-refractivity contribution in [1.29, 1.82) is 0 Å². The first-order chi connectivity index (χ1) is 15.0. The average Bonchev–Trinajstić information content (AvgIpc) is 2.96. The van der Waals surface area contributed by atoms with Crippen LogP contribution < -0.4 is 24.3 Å². The summed E-state index contributed by atoms with van der Waals surface area (Å²) >= 11 is 6.37. The molecule has 0 aromatic heterocycles. The van der Waals surface area contributed by atoms with Gasteiger partial charge in [0.05, 0.1) is 38.0 Å². The molecule has 0 saturated carbocycles. The Morgan fingerprint density at radius 2 is 1.84 bits per heavy atom. The molecule has 1 aliphatic heterocycles. The molecular formula is C23H29ClN2O5. The van der Waals surface area contributed by atoms with Gasteiger partial charge in [-0.25, -0.2) is 0 Å². The van der Waals surface area contributed by atoms with Gasteiger partial charge >= 0.3 is 0 Å². The first-order valence-electron chi connectivity index (χ1n) is 10.5. The Hall–Kier alpha value is -2.64. The van der Waals surface area contributed by atoms with Gasteiger partial charge in [-0.3, -0.25) is 9.69 Å². The van der Waals surface area contributed by atoms with E-state index in [9.17, 15) is 4.79 Å². The number of fused-ring (bicyclic) bond motifs is 1. The van der Waals surface area contributed by atoms with Crippen LogP contribution in [0.15, 0.2) is 30.3 Å². The van der Waals surface area contributed by atoms with Gasteiger partial charge in [-0.1, -0.05) is 11.6 Å². The summed E-state index contributed by atoms with van der Waals surface area (Å²) in [4.78, 5) is 14.4. The maximum atomic E-state index is 12.5. The van der Waals surface area contributed by atoms with Gasteiger partial charge in [0.15, 0.2) is 23.0 Å². The lowest BCUT2D eigenvalue weighted by Crippen LogP contribution is -2.29. The third-order valence-electron chi connectivity index (χ3n) is 4.56. The topological polar surface area (TPSA) is 69.3 Å². The summed E-state index contributed by atoms with van der Waals surface area (Å²) in [6.45, 7) is 6.80. The van der Waals surface area contributed by atoms with Crippen molar-refractivity contribution in [2.45, 2.75) is 26.8 Å². The molecule has 1 heterocycles. The number of nitrogens with zero attached hydrogens (tertiary/aromatic N) is 1. The van der Waals surface area contributed by atoms with E-state index in [4.69, 9.17) is 30.5 Å². The highest BCUT2D eigenvalue weighted by atomic mass is 35.5. The third kappa shape index (κ3) is 6.42. The summed E-state index contributed by atoms with van der Waals surface area (Å²) in [6.07, 6.45) is 0.816. The number of rotatable bonds is 9. The number of carbonyl (C=O) groups excluding carboxylic acids is 1. The number of amides is 1. The Bertz CT molecular complexity index is 906. The van der Waals surface area contributed by atoms with Crippen LogP contribution in [0, 0.1) is 0 Å². The second-order valence-electron chi connectivity index (χ2n) is 7.20. The van der Waals surface area contributed by atoms with Gasteiger partial charge in [0.25, 0.3) is 0 Å². The third-order valence-corrected chi connectivity index (χ3v) is 4.84. The molecule has 0 spiro atoms. The summed E-state index contributed by atoms with van der Waals surface area (Å²) in [7, 11) is 1.88. The van der Waals surface area contributed by atoms with Crippen molar-refractivity contribution >= 4 is 23.2 Å². The van der Waals surface area contributed by atoms with Crippen molar-refractivity contribution in [1.82, 2.24) is 4.90 Å². The van der Waals surface area contributed by atoms with Gasteiger partial charge < -0.3 is 24.3 Å². The van der Waals surface area contributed by atoms with Gasteiger partial charge in [-0.15, -0.1) is 0 Å². The second kappa shape index (κ2) is 11.1. The Labute approximate surface area is 188 Å². The molecule has 1 amide bonds. The molecule has 1 N–H and O–H groups in total. The van der Waals surface area contributed by atoms with Crippen molar-refractivity contribution < 1.29 is 23.7 Å². The molecule has 3 rings (SSSR count). The summed E-state index contributed by atoms with van der Waals surface area (Å²) in [5.41, 5.74) is 1.60. The quantitative estimate of drug-likeness (QED) is 0.614. The molecule has 2 aromatic carbocycles. The fourth-order valence-corrected chi connectivity index (χ4v) is 3.61. The smallest absolute Gasteiger partial charge is 0.238 e. The molecule has 1 aliphatic rings. The number of nitrogens with one attached hydrogen (secondary N) is 1. The molecule has 0 saturated heterocycles. The lowest BCUT2D eigenvalue weighted by Gasteiger charge is -2.18. The van der Waals surface area contributed by atoms with Gasteiger partial charge in [0.2, 0.25) is 5.91 Å². The number of halogens is 1. The van der Waals surface area contributed by atoms with Crippen LogP contribution >= 0.6 is 11.6 Å². The molecule has 8 heteroatoms. The number of ether oxygens (including phenoxy) is 4. The zero-order valence-electron chi connectivity index (χ0n) is 18.2. The minimum atomic E-state index is -0.130. The zero-order valence-corrected chi connectivity index (χ0v) is 19.0. The molecule has 0 unspecified atom stereocenters. The van der Waals surface area contributed by atoms with E-state index in [0.29, 0.717) is 66.7 Å². The highest BCUT2D eigenvalue weighted by molar-refractivity contribution is 6.32. The van der Waals surface area contributed by atoms with Crippen molar-refractivity contribution in [3.63, 3.8) is 0 Å². The lowest BCUT2D eigenvalue weighted by molar-refractivity contribution is -0.117. The lowest BCUT2D eigenvalue weighted by atomic mass is 10.2. The van der Waals surface area contributed by atoms with Crippen LogP contribution in [0.25, 0.3) is 0 Å². The molecule has 0 bridgehead atoms. The van der Waals surface area contributed by atoms with Crippen LogP contribution in [0.3, 0.4) is 0 Å². The minimum absolute atomic E-state index is 0.130. The van der Waals surface area contributed by atoms with E-state index in [1.807, 2.05) is 37.9 Å². The SMILES string of the molecule is CCOc1ccc(NC(=O)CN(C)Cc2cc(Cl)c3c(c2)OCCCO3)cc1OCC. The van der Waals surface area contributed by atoms with E-state index in [-0.39, 0.29) is 12.5 Å². The monoisotopic (exact) mass is 448 g/mol. The van der Waals surface area contributed by atoms with Gasteiger partial charge in [0.1, 0.15) is 0 Å². The Morgan fingerprint density at radius 1 is 1.10 bits per heavy atom. The fraction of sp³-hybridized carbons (Fsp3) is 0.435. The van der Waals surface area contributed by atoms with Gasteiger partial charge in [0, 0.05) is 24.7 Å². The predicted octanol–water partition coefficient (Wildman–Crippen LogP) is 4.37. The molecule has 168 valence electrons. The average molecular weight is 449 g/mol. The number of likely N-dealkylation sites (N-methyl/N-ethyl adjacent to an activating group) is 1. The number of benzene rings is 2. The molecule has 0 radical (unpaired) electrons. The first-order valence-corrected chi connectivity index (χ1v) is 10.8.